The number of rotatable bonds is 6. The Morgan fingerprint density at radius 2 is 1.79 bits per heavy atom. The Bertz CT molecular complexity index is 603. The van der Waals surface area contributed by atoms with Crippen LogP contribution in [0.5, 0.6) is 0 Å². The Kier molecular flexibility index (Phi) is 6.15. The van der Waals surface area contributed by atoms with Gasteiger partial charge in [0.2, 0.25) is 5.91 Å². The predicted octanol–water partition coefficient (Wildman–Crippen LogP) is 3.77. The third-order valence-electron chi connectivity index (χ3n) is 3.56. The van der Waals surface area contributed by atoms with Gasteiger partial charge in [-0.2, -0.15) is 22.0 Å². The highest BCUT2D eigenvalue weighted by molar-refractivity contribution is 9.10. The molecule has 24 heavy (non-hydrogen) atoms. The molecule has 1 rings (SSSR count). The van der Waals surface area contributed by atoms with Crippen LogP contribution in [0.4, 0.5) is 22.0 Å². The van der Waals surface area contributed by atoms with Crippen LogP contribution < -0.4 is 5.32 Å². The van der Waals surface area contributed by atoms with Gasteiger partial charge >= 0.3 is 12.1 Å². The number of hydrogen-bond acceptors (Lipinski definition) is 2. The highest BCUT2D eigenvalue weighted by Crippen LogP contribution is 2.52. The van der Waals surface area contributed by atoms with Gasteiger partial charge in [0.15, 0.2) is 5.60 Å². The van der Waals surface area contributed by atoms with Crippen molar-refractivity contribution in [3.8, 4) is 0 Å². The topological polar surface area (TPSA) is 49.3 Å². The molecule has 134 valence electrons. The van der Waals surface area contributed by atoms with Crippen LogP contribution in [0, 0.1) is 5.92 Å². The molecule has 0 aliphatic heterocycles. The molecule has 0 aromatic heterocycles. The Morgan fingerprint density at radius 1 is 1.29 bits per heavy atom. The van der Waals surface area contributed by atoms with Crippen molar-refractivity contribution in [3.63, 3.8) is 0 Å². The summed E-state index contributed by atoms with van der Waals surface area (Å²) in [4.78, 5) is 11.9. The molecular weight excluding hydrogens is 401 g/mol. The SMILES string of the molecule is C=CCNC(=O)[C@@H](C)[C@](O)(c1ccc(Br)cc1)C(F)(F)C(F)(F)F. The van der Waals surface area contributed by atoms with E-state index < -0.39 is 35.1 Å². The molecule has 1 aromatic carbocycles. The molecule has 0 aliphatic carbocycles. The van der Waals surface area contributed by atoms with Crippen LogP contribution >= 0.6 is 15.9 Å². The first kappa shape index (κ1) is 20.6. The number of nitrogens with one attached hydrogen (secondary N) is 1. The molecule has 0 saturated heterocycles. The number of halogens is 6. The fourth-order valence-electron chi connectivity index (χ4n) is 2.14. The van der Waals surface area contributed by atoms with Crippen molar-refractivity contribution in [2.75, 3.05) is 6.54 Å². The molecule has 2 N–H and O–H groups in total. The standard InChI is InChI=1S/C15H15BrF5NO2/c1-3-8-22-12(23)9(2)13(24,14(17,18)15(19,20)21)10-4-6-11(16)7-5-10/h3-7,9,24H,1,8H2,2H3,(H,22,23)/t9-,13+/m1/s1. The van der Waals surface area contributed by atoms with Crippen LogP contribution in [0.15, 0.2) is 41.4 Å². The number of alkyl halides is 5. The van der Waals surface area contributed by atoms with E-state index in [-0.39, 0.29) is 6.54 Å². The predicted molar refractivity (Wildman–Crippen MR) is 81.4 cm³/mol. The smallest absolute Gasteiger partial charge is 0.378 e. The zero-order valence-electron chi connectivity index (χ0n) is 12.5. The highest BCUT2D eigenvalue weighted by Gasteiger charge is 2.73. The summed E-state index contributed by atoms with van der Waals surface area (Å²) >= 11 is 3.02. The maximum atomic E-state index is 14.1. The second kappa shape index (κ2) is 7.18. The van der Waals surface area contributed by atoms with E-state index >= 15 is 0 Å². The van der Waals surface area contributed by atoms with E-state index in [0.29, 0.717) is 4.47 Å². The lowest BCUT2D eigenvalue weighted by molar-refractivity contribution is -0.353. The van der Waals surface area contributed by atoms with E-state index in [4.69, 9.17) is 0 Å². The molecular formula is C15H15BrF5NO2. The van der Waals surface area contributed by atoms with Crippen molar-refractivity contribution in [3.05, 3.63) is 47.0 Å². The summed E-state index contributed by atoms with van der Waals surface area (Å²) in [7, 11) is 0. The van der Waals surface area contributed by atoms with Crippen LogP contribution in [0.1, 0.15) is 12.5 Å². The number of amides is 1. The van der Waals surface area contributed by atoms with Gasteiger partial charge in [0.1, 0.15) is 0 Å². The van der Waals surface area contributed by atoms with Crippen molar-refractivity contribution < 1.29 is 31.9 Å². The summed E-state index contributed by atoms with van der Waals surface area (Å²) in [6.45, 7) is 3.96. The lowest BCUT2D eigenvalue weighted by atomic mass is 9.76. The highest BCUT2D eigenvalue weighted by atomic mass is 79.9. The average molecular weight is 416 g/mol. The minimum atomic E-state index is -6.05. The van der Waals surface area contributed by atoms with Crippen molar-refractivity contribution in [2.24, 2.45) is 5.92 Å². The van der Waals surface area contributed by atoms with Gasteiger partial charge in [-0.05, 0) is 17.7 Å². The molecule has 9 heteroatoms. The minimum absolute atomic E-state index is 0.142. The maximum absolute atomic E-state index is 14.1. The summed E-state index contributed by atoms with van der Waals surface area (Å²) in [5.74, 6) is -8.81. The number of hydrogen-bond donors (Lipinski definition) is 2. The summed E-state index contributed by atoms with van der Waals surface area (Å²) in [6.07, 6.45) is -4.83. The summed E-state index contributed by atoms with van der Waals surface area (Å²) < 4.78 is 67.3. The van der Waals surface area contributed by atoms with E-state index in [1.807, 2.05) is 0 Å². The van der Waals surface area contributed by atoms with Gasteiger partial charge < -0.3 is 10.4 Å². The minimum Gasteiger partial charge on any atom is -0.378 e. The van der Waals surface area contributed by atoms with E-state index in [1.54, 1.807) is 0 Å². The Balaban J connectivity index is 3.49. The molecule has 0 fully saturated rings. The molecule has 0 saturated carbocycles. The molecule has 3 nitrogen and oxygen atoms in total. The van der Waals surface area contributed by atoms with Crippen LogP contribution in [0.2, 0.25) is 0 Å². The normalized spacial score (nSPS) is 16.2. The number of carbonyl (C=O) groups is 1. The fraction of sp³-hybridized carbons (Fsp3) is 0.400. The second-order valence-corrected chi connectivity index (χ2v) is 6.02. The summed E-state index contributed by atoms with van der Waals surface area (Å²) in [5.41, 5.74) is -4.51. The van der Waals surface area contributed by atoms with Crippen molar-refractivity contribution in [1.29, 1.82) is 0 Å². The van der Waals surface area contributed by atoms with Crippen LogP contribution in [-0.2, 0) is 10.4 Å². The van der Waals surface area contributed by atoms with Gasteiger partial charge in [0, 0.05) is 11.0 Å². The zero-order valence-corrected chi connectivity index (χ0v) is 14.1. The summed E-state index contributed by atoms with van der Waals surface area (Å²) in [6, 6.07) is 4.20. The Morgan fingerprint density at radius 3 is 2.21 bits per heavy atom. The monoisotopic (exact) mass is 415 g/mol. The maximum Gasteiger partial charge on any atom is 0.456 e. The number of benzene rings is 1. The molecule has 1 aromatic rings. The van der Waals surface area contributed by atoms with Crippen LogP contribution in [-0.4, -0.2) is 29.7 Å². The third kappa shape index (κ3) is 3.61. The van der Waals surface area contributed by atoms with Crippen LogP contribution in [0.3, 0.4) is 0 Å². The third-order valence-corrected chi connectivity index (χ3v) is 4.09. The fourth-order valence-corrected chi connectivity index (χ4v) is 2.40. The van der Waals surface area contributed by atoms with E-state index in [0.717, 1.165) is 19.1 Å². The first-order chi connectivity index (χ1) is 10.9. The van der Waals surface area contributed by atoms with Crippen LogP contribution in [0.25, 0.3) is 0 Å². The second-order valence-electron chi connectivity index (χ2n) is 5.10. The molecule has 2 atom stereocenters. The molecule has 0 spiro atoms. The van der Waals surface area contributed by atoms with Crippen molar-refractivity contribution in [1.82, 2.24) is 5.32 Å². The van der Waals surface area contributed by atoms with Crippen molar-refractivity contribution >= 4 is 21.8 Å². The van der Waals surface area contributed by atoms with Gasteiger partial charge in [0.05, 0.1) is 5.92 Å². The van der Waals surface area contributed by atoms with Crippen molar-refractivity contribution in [2.45, 2.75) is 24.6 Å². The molecule has 0 bridgehead atoms. The lowest BCUT2D eigenvalue weighted by Crippen LogP contribution is -2.60. The van der Waals surface area contributed by atoms with E-state index in [2.05, 4.69) is 27.8 Å². The number of aliphatic hydroxyl groups is 1. The van der Waals surface area contributed by atoms with E-state index in [9.17, 15) is 31.9 Å². The molecule has 0 aliphatic rings. The Labute approximate surface area is 143 Å². The van der Waals surface area contributed by atoms with Gasteiger partial charge in [-0.15, -0.1) is 6.58 Å². The average Bonchev–Trinajstić information content (AvgIpc) is 2.50. The van der Waals surface area contributed by atoms with Gasteiger partial charge in [-0.25, -0.2) is 0 Å². The van der Waals surface area contributed by atoms with E-state index in [1.165, 1.54) is 18.2 Å². The molecule has 0 radical (unpaired) electrons. The largest absolute Gasteiger partial charge is 0.456 e. The van der Waals surface area contributed by atoms with Gasteiger partial charge in [-0.1, -0.05) is 41.1 Å². The summed E-state index contributed by atoms with van der Waals surface area (Å²) in [5, 5.41) is 12.5. The molecule has 0 heterocycles. The van der Waals surface area contributed by atoms with Gasteiger partial charge in [0.25, 0.3) is 0 Å². The first-order valence-corrected chi connectivity index (χ1v) is 7.50. The van der Waals surface area contributed by atoms with Gasteiger partial charge in [-0.3, -0.25) is 4.79 Å². The molecule has 1 amide bonds. The lowest BCUT2D eigenvalue weighted by Gasteiger charge is -2.40. The first-order valence-electron chi connectivity index (χ1n) is 6.71. The molecule has 0 unspecified atom stereocenters. The zero-order chi connectivity index (χ0) is 18.8. The Hall–Kier alpha value is -1.48. The number of carbonyl (C=O) groups excluding carboxylic acids is 1. The quantitative estimate of drug-likeness (QED) is 0.548.